The number of unbranched alkanes of at least 4 members (excludes halogenated alkanes) is 1. The molecule has 0 saturated carbocycles. The van der Waals surface area contributed by atoms with Crippen molar-refractivity contribution in [2.75, 3.05) is 0 Å². The summed E-state index contributed by atoms with van der Waals surface area (Å²) in [5.41, 5.74) is 5.70. The molecule has 0 aliphatic heterocycles. The second-order valence-electron chi connectivity index (χ2n) is 3.12. The van der Waals surface area contributed by atoms with E-state index < -0.39 is 0 Å². The van der Waals surface area contributed by atoms with Crippen LogP contribution in [0.3, 0.4) is 0 Å². The standard InChI is InChI=1S/C9H19NO/c1-3-9(10)7-5-4-6-8(2)11/h9H,3-7,10H2,1-2H3. The summed E-state index contributed by atoms with van der Waals surface area (Å²) in [5.74, 6) is 0.287. The lowest BCUT2D eigenvalue weighted by atomic mass is 10.1. The second kappa shape index (κ2) is 6.35. The lowest BCUT2D eigenvalue weighted by molar-refractivity contribution is -0.117. The molecule has 0 aromatic heterocycles. The molecule has 0 saturated heterocycles. The van der Waals surface area contributed by atoms with Crippen LogP contribution in [0, 0.1) is 0 Å². The summed E-state index contributed by atoms with van der Waals surface area (Å²) in [6.07, 6.45) is 4.91. The van der Waals surface area contributed by atoms with Crippen molar-refractivity contribution < 1.29 is 4.79 Å². The third kappa shape index (κ3) is 7.53. The highest BCUT2D eigenvalue weighted by molar-refractivity contribution is 5.75. The molecule has 66 valence electrons. The molecule has 0 heterocycles. The maximum atomic E-state index is 10.5. The molecular weight excluding hydrogens is 138 g/mol. The van der Waals surface area contributed by atoms with Crippen molar-refractivity contribution in [3.05, 3.63) is 0 Å². The molecule has 0 aromatic rings. The number of hydrogen-bond acceptors (Lipinski definition) is 2. The van der Waals surface area contributed by atoms with E-state index >= 15 is 0 Å². The molecule has 0 aliphatic carbocycles. The van der Waals surface area contributed by atoms with Gasteiger partial charge in [0, 0.05) is 12.5 Å². The van der Waals surface area contributed by atoms with Gasteiger partial charge in [-0.25, -0.2) is 0 Å². The second-order valence-corrected chi connectivity index (χ2v) is 3.12. The summed E-state index contributed by atoms with van der Waals surface area (Å²) < 4.78 is 0. The topological polar surface area (TPSA) is 43.1 Å². The van der Waals surface area contributed by atoms with Crippen molar-refractivity contribution >= 4 is 5.78 Å². The average Bonchev–Trinajstić information content (AvgIpc) is 1.97. The fraction of sp³-hybridized carbons (Fsp3) is 0.889. The van der Waals surface area contributed by atoms with Gasteiger partial charge in [0.1, 0.15) is 5.78 Å². The largest absolute Gasteiger partial charge is 0.328 e. The van der Waals surface area contributed by atoms with E-state index in [2.05, 4.69) is 6.92 Å². The summed E-state index contributed by atoms with van der Waals surface area (Å²) in [6.45, 7) is 3.73. The Balaban J connectivity index is 3.08. The van der Waals surface area contributed by atoms with Gasteiger partial charge in [0.05, 0.1) is 0 Å². The van der Waals surface area contributed by atoms with Crippen LogP contribution in [-0.2, 0) is 4.79 Å². The van der Waals surface area contributed by atoms with Gasteiger partial charge in [-0.2, -0.15) is 0 Å². The lowest BCUT2D eigenvalue weighted by Crippen LogP contribution is -2.17. The third-order valence-electron chi connectivity index (χ3n) is 1.88. The minimum atomic E-state index is 0.287. The number of nitrogens with two attached hydrogens (primary N) is 1. The van der Waals surface area contributed by atoms with Crippen LogP contribution in [0.15, 0.2) is 0 Å². The summed E-state index contributed by atoms with van der Waals surface area (Å²) >= 11 is 0. The summed E-state index contributed by atoms with van der Waals surface area (Å²) in [6, 6.07) is 0.335. The maximum Gasteiger partial charge on any atom is 0.129 e. The average molecular weight is 157 g/mol. The normalized spacial score (nSPS) is 13.0. The molecule has 0 aliphatic rings. The van der Waals surface area contributed by atoms with Gasteiger partial charge < -0.3 is 10.5 Å². The molecule has 0 amide bonds. The Morgan fingerprint density at radius 1 is 1.45 bits per heavy atom. The zero-order chi connectivity index (χ0) is 8.69. The number of rotatable bonds is 6. The van der Waals surface area contributed by atoms with E-state index in [1.54, 1.807) is 6.92 Å². The Labute approximate surface area is 69.2 Å². The Bertz CT molecular complexity index is 112. The number of Topliss-reactive ketones (excluding diaryl/α,β-unsaturated/α-hetero) is 1. The van der Waals surface area contributed by atoms with E-state index in [4.69, 9.17) is 5.73 Å². The van der Waals surface area contributed by atoms with Crippen LogP contribution < -0.4 is 5.73 Å². The number of ketones is 1. The molecule has 0 rings (SSSR count). The van der Waals surface area contributed by atoms with Crippen LogP contribution in [0.25, 0.3) is 0 Å². The van der Waals surface area contributed by atoms with Crippen molar-refractivity contribution in [3.8, 4) is 0 Å². The van der Waals surface area contributed by atoms with E-state index in [1.165, 1.54) is 0 Å². The molecule has 0 radical (unpaired) electrons. The van der Waals surface area contributed by atoms with Gasteiger partial charge >= 0.3 is 0 Å². The molecule has 2 nitrogen and oxygen atoms in total. The molecule has 1 unspecified atom stereocenters. The monoisotopic (exact) mass is 157 g/mol. The summed E-state index contributed by atoms with van der Waals surface area (Å²) in [4.78, 5) is 10.5. The van der Waals surface area contributed by atoms with E-state index in [9.17, 15) is 4.79 Å². The predicted molar refractivity (Wildman–Crippen MR) is 47.4 cm³/mol. The SMILES string of the molecule is CCC(N)CCCCC(C)=O. The van der Waals surface area contributed by atoms with Crippen molar-refractivity contribution in [1.29, 1.82) is 0 Å². The minimum Gasteiger partial charge on any atom is -0.328 e. The fourth-order valence-electron chi connectivity index (χ4n) is 0.985. The zero-order valence-electron chi connectivity index (χ0n) is 7.60. The first-order valence-electron chi connectivity index (χ1n) is 4.41. The highest BCUT2D eigenvalue weighted by atomic mass is 16.1. The van der Waals surface area contributed by atoms with E-state index in [1.807, 2.05) is 0 Å². The third-order valence-corrected chi connectivity index (χ3v) is 1.88. The molecule has 11 heavy (non-hydrogen) atoms. The van der Waals surface area contributed by atoms with Crippen LogP contribution in [0.2, 0.25) is 0 Å². The molecule has 2 heteroatoms. The van der Waals surface area contributed by atoms with Gasteiger partial charge in [-0.15, -0.1) is 0 Å². The number of carbonyl (C=O) groups is 1. The van der Waals surface area contributed by atoms with Crippen molar-refractivity contribution in [1.82, 2.24) is 0 Å². The minimum absolute atomic E-state index is 0.287. The van der Waals surface area contributed by atoms with Gasteiger partial charge in [-0.3, -0.25) is 0 Å². The molecule has 0 spiro atoms. The van der Waals surface area contributed by atoms with Crippen molar-refractivity contribution in [3.63, 3.8) is 0 Å². The predicted octanol–water partition coefficient (Wildman–Crippen LogP) is 1.87. The van der Waals surface area contributed by atoms with Crippen LogP contribution >= 0.6 is 0 Å². The molecular formula is C9H19NO. The molecule has 1 atom stereocenters. The Morgan fingerprint density at radius 3 is 2.55 bits per heavy atom. The van der Waals surface area contributed by atoms with Crippen molar-refractivity contribution in [2.45, 2.75) is 52.0 Å². The van der Waals surface area contributed by atoms with Gasteiger partial charge in [-0.1, -0.05) is 13.3 Å². The first-order valence-corrected chi connectivity index (χ1v) is 4.41. The highest BCUT2D eigenvalue weighted by Gasteiger charge is 1.98. The van der Waals surface area contributed by atoms with Crippen LogP contribution in [0.5, 0.6) is 0 Å². The molecule has 0 bridgehead atoms. The van der Waals surface area contributed by atoms with Gasteiger partial charge in [0.25, 0.3) is 0 Å². The van der Waals surface area contributed by atoms with Crippen molar-refractivity contribution in [2.24, 2.45) is 5.73 Å². The van der Waals surface area contributed by atoms with E-state index in [-0.39, 0.29) is 5.78 Å². The molecule has 2 N–H and O–H groups in total. The van der Waals surface area contributed by atoms with Gasteiger partial charge in [0.2, 0.25) is 0 Å². The Morgan fingerprint density at radius 2 is 2.09 bits per heavy atom. The maximum absolute atomic E-state index is 10.5. The molecule has 0 fully saturated rings. The Kier molecular flexibility index (Phi) is 6.13. The quantitative estimate of drug-likeness (QED) is 0.598. The van der Waals surface area contributed by atoms with Gasteiger partial charge in [-0.05, 0) is 26.2 Å². The Hall–Kier alpha value is -0.370. The van der Waals surface area contributed by atoms with Crippen LogP contribution in [0.4, 0.5) is 0 Å². The number of carbonyl (C=O) groups excluding carboxylic acids is 1. The lowest BCUT2D eigenvalue weighted by Gasteiger charge is -2.06. The highest BCUT2D eigenvalue weighted by Crippen LogP contribution is 2.04. The fourth-order valence-corrected chi connectivity index (χ4v) is 0.985. The van der Waals surface area contributed by atoms with E-state index in [0.29, 0.717) is 6.04 Å². The van der Waals surface area contributed by atoms with Crippen LogP contribution in [0.1, 0.15) is 46.0 Å². The summed E-state index contributed by atoms with van der Waals surface area (Å²) in [5, 5.41) is 0. The first kappa shape index (κ1) is 10.6. The molecule has 0 aromatic carbocycles. The van der Waals surface area contributed by atoms with Gasteiger partial charge in [0.15, 0.2) is 0 Å². The number of hydrogen-bond donors (Lipinski definition) is 1. The first-order chi connectivity index (χ1) is 5.16. The smallest absolute Gasteiger partial charge is 0.129 e. The van der Waals surface area contributed by atoms with E-state index in [0.717, 1.165) is 32.1 Å². The summed E-state index contributed by atoms with van der Waals surface area (Å²) in [7, 11) is 0. The van der Waals surface area contributed by atoms with Crippen LogP contribution in [-0.4, -0.2) is 11.8 Å². The zero-order valence-corrected chi connectivity index (χ0v) is 7.60.